The minimum atomic E-state index is -0.450. The van der Waals surface area contributed by atoms with Gasteiger partial charge in [-0.3, -0.25) is 4.79 Å². The molecule has 38 heavy (non-hydrogen) atoms. The number of esters is 1. The van der Waals surface area contributed by atoms with Gasteiger partial charge in [0.15, 0.2) is 17.1 Å². The van der Waals surface area contributed by atoms with Crippen molar-refractivity contribution < 1.29 is 19.1 Å². The van der Waals surface area contributed by atoms with Gasteiger partial charge in [0.1, 0.15) is 10.8 Å². The third-order valence-corrected chi connectivity index (χ3v) is 8.65. The molecule has 2 heterocycles. The summed E-state index contributed by atoms with van der Waals surface area (Å²) in [4.78, 5) is 27.0. The Balaban J connectivity index is 1.45. The molecule has 12 heteroatoms. The lowest BCUT2D eigenvalue weighted by atomic mass is 9.95. The SMILES string of the molecule is CCn1c(SCC(=O)Nc2sc3c(c2C(=O)OC(C)C)CCCC3)nnc1C(C)Oc1cc(Cl)ccc1Cl. The van der Waals surface area contributed by atoms with Gasteiger partial charge in [-0.05, 0) is 71.1 Å². The lowest BCUT2D eigenvalue weighted by Crippen LogP contribution is -2.19. The highest BCUT2D eigenvalue weighted by molar-refractivity contribution is 7.99. The fraction of sp³-hybridized carbons (Fsp3) is 0.462. The van der Waals surface area contributed by atoms with Gasteiger partial charge in [-0.1, -0.05) is 35.0 Å². The van der Waals surface area contributed by atoms with E-state index in [-0.39, 0.29) is 23.7 Å². The van der Waals surface area contributed by atoms with Gasteiger partial charge in [-0.25, -0.2) is 4.79 Å². The number of halogens is 2. The van der Waals surface area contributed by atoms with Crippen LogP contribution in [0, 0.1) is 0 Å². The molecule has 3 aromatic rings. The molecule has 1 atom stereocenters. The van der Waals surface area contributed by atoms with Crippen molar-refractivity contribution in [3.8, 4) is 5.75 Å². The highest BCUT2D eigenvalue weighted by Crippen LogP contribution is 2.39. The average molecular weight is 598 g/mol. The smallest absolute Gasteiger partial charge is 0.341 e. The Morgan fingerprint density at radius 1 is 1.18 bits per heavy atom. The number of nitrogens with zero attached hydrogens (tertiary/aromatic N) is 3. The second-order valence-corrected chi connectivity index (χ2v) is 12.0. The largest absolute Gasteiger partial charge is 0.481 e. The maximum absolute atomic E-state index is 13.0. The molecule has 204 valence electrons. The fourth-order valence-electron chi connectivity index (χ4n) is 4.25. The second kappa shape index (κ2) is 12.7. The molecule has 1 unspecified atom stereocenters. The summed E-state index contributed by atoms with van der Waals surface area (Å²) in [6, 6.07) is 5.02. The molecule has 8 nitrogen and oxygen atoms in total. The summed E-state index contributed by atoms with van der Waals surface area (Å²) in [6.45, 7) is 8.05. The number of amides is 1. The van der Waals surface area contributed by atoms with Crippen LogP contribution in [0.5, 0.6) is 5.75 Å². The maximum atomic E-state index is 13.0. The van der Waals surface area contributed by atoms with Gasteiger partial charge in [0.25, 0.3) is 0 Å². The van der Waals surface area contributed by atoms with Crippen molar-refractivity contribution >= 4 is 63.2 Å². The number of anilines is 1. The zero-order valence-corrected chi connectivity index (χ0v) is 24.8. The molecular weight excluding hydrogens is 567 g/mol. The predicted octanol–water partition coefficient (Wildman–Crippen LogP) is 6.98. The number of hydrogen-bond donors (Lipinski definition) is 1. The number of thioether (sulfide) groups is 1. The first-order valence-corrected chi connectivity index (χ1v) is 15.1. The van der Waals surface area contributed by atoms with Gasteiger partial charge < -0.3 is 19.4 Å². The molecule has 1 amide bonds. The van der Waals surface area contributed by atoms with E-state index in [2.05, 4.69) is 15.5 Å². The van der Waals surface area contributed by atoms with Gasteiger partial charge in [-0.2, -0.15) is 0 Å². The Labute approximate surface area is 240 Å². The first-order chi connectivity index (χ1) is 18.2. The van der Waals surface area contributed by atoms with E-state index in [1.165, 1.54) is 23.1 Å². The van der Waals surface area contributed by atoms with Crippen LogP contribution in [-0.4, -0.2) is 38.5 Å². The average Bonchev–Trinajstić information content (AvgIpc) is 3.45. The van der Waals surface area contributed by atoms with Crippen LogP contribution in [-0.2, 0) is 28.9 Å². The van der Waals surface area contributed by atoms with Crippen LogP contribution in [0.25, 0.3) is 0 Å². The third-order valence-electron chi connectivity index (χ3n) is 5.93. The van der Waals surface area contributed by atoms with E-state index < -0.39 is 6.10 Å². The molecule has 0 radical (unpaired) electrons. The van der Waals surface area contributed by atoms with Crippen molar-refractivity contribution in [2.75, 3.05) is 11.1 Å². The number of aryl methyl sites for hydroxylation is 1. The number of benzene rings is 1. The van der Waals surface area contributed by atoms with Crippen molar-refractivity contribution in [3.05, 3.63) is 50.1 Å². The Hall–Kier alpha value is -2.27. The molecule has 0 spiro atoms. The quantitative estimate of drug-likeness (QED) is 0.199. The minimum absolute atomic E-state index is 0.106. The maximum Gasteiger partial charge on any atom is 0.341 e. The van der Waals surface area contributed by atoms with Gasteiger partial charge in [0, 0.05) is 22.5 Å². The number of aromatic nitrogens is 3. The predicted molar refractivity (Wildman–Crippen MR) is 152 cm³/mol. The lowest BCUT2D eigenvalue weighted by molar-refractivity contribution is -0.113. The number of rotatable bonds is 10. The summed E-state index contributed by atoms with van der Waals surface area (Å²) in [5.41, 5.74) is 1.51. The Morgan fingerprint density at radius 2 is 1.95 bits per heavy atom. The van der Waals surface area contributed by atoms with Gasteiger partial charge in [-0.15, -0.1) is 21.5 Å². The number of carbonyl (C=O) groups excluding carboxylic acids is 2. The van der Waals surface area contributed by atoms with Crippen molar-refractivity contribution in [2.24, 2.45) is 0 Å². The number of thiophene rings is 1. The van der Waals surface area contributed by atoms with Crippen LogP contribution in [0.4, 0.5) is 5.00 Å². The van der Waals surface area contributed by atoms with E-state index >= 15 is 0 Å². The first kappa shape index (κ1) is 28.7. The molecule has 1 aromatic carbocycles. The molecule has 4 rings (SSSR count). The highest BCUT2D eigenvalue weighted by Gasteiger charge is 2.28. The van der Waals surface area contributed by atoms with Crippen molar-refractivity contribution in [1.82, 2.24) is 14.8 Å². The Kier molecular flexibility index (Phi) is 9.62. The number of nitrogens with one attached hydrogen (secondary N) is 1. The molecule has 0 aliphatic heterocycles. The van der Waals surface area contributed by atoms with Crippen LogP contribution in [0.15, 0.2) is 23.4 Å². The van der Waals surface area contributed by atoms with E-state index in [4.69, 9.17) is 32.7 Å². The summed E-state index contributed by atoms with van der Waals surface area (Å²) in [6.07, 6.45) is 3.15. The van der Waals surface area contributed by atoms with Crippen LogP contribution < -0.4 is 10.1 Å². The highest BCUT2D eigenvalue weighted by atomic mass is 35.5. The normalized spacial score (nSPS) is 13.8. The molecule has 0 saturated carbocycles. The molecule has 0 bridgehead atoms. The number of fused-ring (bicyclic) bond motifs is 1. The van der Waals surface area contributed by atoms with Crippen molar-refractivity contribution in [2.45, 2.75) is 77.3 Å². The van der Waals surface area contributed by atoms with Crippen molar-refractivity contribution in [1.29, 1.82) is 0 Å². The standard InChI is InChI=1S/C26H30Cl2N4O4S2/c1-5-32-23(15(4)36-19-12-16(27)10-11-18(19)28)30-31-26(32)37-13-21(33)29-24-22(25(34)35-14(2)3)17-8-6-7-9-20(17)38-24/h10-12,14-15H,5-9,13H2,1-4H3,(H,29,33). The third kappa shape index (κ3) is 6.65. The van der Waals surface area contributed by atoms with Crippen LogP contribution >= 0.6 is 46.3 Å². The van der Waals surface area contributed by atoms with Gasteiger partial charge in [0.05, 0.1) is 22.4 Å². The number of hydrogen-bond acceptors (Lipinski definition) is 8. The number of carbonyl (C=O) groups is 2. The lowest BCUT2D eigenvalue weighted by Gasteiger charge is -2.16. The monoisotopic (exact) mass is 596 g/mol. The zero-order chi connectivity index (χ0) is 27.4. The van der Waals surface area contributed by atoms with E-state index in [1.807, 2.05) is 32.3 Å². The second-order valence-electron chi connectivity index (χ2n) is 9.13. The Morgan fingerprint density at radius 3 is 2.68 bits per heavy atom. The summed E-state index contributed by atoms with van der Waals surface area (Å²) < 4.78 is 13.4. The fourth-order valence-corrected chi connectivity index (χ4v) is 6.68. The van der Waals surface area contributed by atoms with Crippen LogP contribution in [0.1, 0.15) is 73.3 Å². The van der Waals surface area contributed by atoms with Gasteiger partial charge in [0.2, 0.25) is 5.91 Å². The minimum Gasteiger partial charge on any atom is -0.481 e. The summed E-state index contributed by atoms with van der Waals surface area (Å²) in [5, 5.41) is 13.7. The molecule has 1 aliphatic carbocycles. The first-order valence-electron chi connectivity index (χ1n) is 12.5. The van der Waals surface area contributed by atoms with E-state index in [0.29, 0.717) is 43.9 Å². The van der Waals surface area contributed by atoms with Gasteiger partial charge >= 0.3 is 5.97 Å². The zero-order valence-electron chi connectivity index (χ0n) is 21.7. The molecule has 0 fully saturated rings. The number of ether oxygens (including phenoxy) is 2. The van der Waals surface area contributed by atoms with E-state index in [9.17, 15) is 9.59 Å². The summed E-state index contributed by atoms with van der Waals surface area (Å²) >= 11 is 15.1. The molecule has 1 N–H and O–H groups in total. The molecule has 0 saturated heterocycles. The summed E-state index contributed by atoms with van der Waals surface area (Å²) in [7, 11) is 0. The topological polar surface area (TPSA) is 95.3 Å². The molecule has 1 aliphatic rings. The van der Waals surface area contributed by atoms with Crippen LogP contribution in [0.3, 0.4) is 0 Å². The van der Waals surface area contributed by atoms with E-state index in [1.54, 1.807) is 18.2 Å². The van der Waals surface area contributed by atoms with Crippen molar-refractivity contribution in [3.63, 3.8) is 0 Å². The Bertz CT molecular complexity index is 1320. The van der Waals surface area contributed by atoms with Crippen LogP contribution in [0.2, 0.25) is 10.0 Å². The summed E-state index contributed by atoms with van der Waals surface area (Å²) in [5.74, 6) is 0.558. The molecule has 2 aromatic heterocycles. The van der Waals surface area contributed by atoms with E-state index in [0.717, 1.165) is 36.1 Å². The molecular formula is C26H30Cl2N4O4S2.